The maximum absolute atomic E-state index is 12.8. The van der Waals surface area contributed by atoms with E-state index in [4.69, 9.17) is 8.83 Å². The summed E-state index contributed by atoms with van der Waals surface area (Å²) in [6.45, 7) is 0. The fraction of sp³-hybridized carbons (Fsp3) is 0.158. The lowest BCUT2D eigenvalue weighted by atomic mass is 10.0. The Bertz CT molecular complexity index is 1010. The normalized spacial score (nSPS) is 17.4. The number of carbonyl (C=O) groups is 1. The maximum atomic E-state index is 12.8. The molecule has 0 spiro atoms. The fourth-order valence-corrected chi connectivity index (χ4v) is 3.33. The van der Waals surface area contributed by atoms with Gasteiger partial charge in [0.05, 0.1) is 18.2 Å². The van der Waals surface area contributed by atoms with Crippen LogP contribution < -0.4 is 4.31 Å². The van der Waals surface area contributed by atoms with Gasteiger partial charge in [-0.05, 0) is 42.0 Å². The van der Waals surface area contributed by atoms with Crippen molar-refractivity contribution in [2.75, 3.05) is 11.4 Å². The standard InChI is InChI=1S/C19H17N3O5S/c1-21(28(24)25)14-8-6-13(7-9-14)15-12-16(17-4-2-10-26-17)22(20-15)19(23)18-5-3-11-27-18/h2-11,16H,12H2,1H3,(H,24,25)/p-1. The lowest BCUT2D eigenvalue weighted by Crippen LogP contribution is -2.26. The first-order valence-corrected chi connectivity index (χ1v) is 9.49. The average Bonchev–Trinajstić information content (AvgIpc) is 3.48. The summed E-state index contributed by atoms with van der Waals surface area (Å²) in [4.78, 5) is 12.8. The number of amides is 1. The van der Waals surface area contributed by atoms with Gasteiger partial charge in [0.25, 0.3) is 0 Å². The summed E-state index contributed by atoms with van der Waals surface area (Å²) in [5.74, 6) is 0.452. The monoisotopic (exact) mass is 398 g/mol. The van der Waals surface area contributed by atoms with E-state index in [2.05, 4.69) is 5.10 Å². The maximum Gasteiger partial charge on any atom is 0.310 e. The van der Waals surface area contributed by atoms with Crippen molar-refractivity contribution in [2.45, 2.75) is 12.5 Å². The van der Waals surface area contributed by atoms with Gasteiger partial charge in [0.15, 0.2) is 5.76 Å². The number of benzene rings is 1. The molecule has 28 heavy (non-hydrogen) atoms. The van der Waals surface area contributed by atoms with Gasteiger partial charge in [0.2, 0.25) is 0 Å². The van der Waals surface area contributed by atoms with Gasteiger partial charge in [0.1, 0.15) is 11.8 Å². The summed E-state index contributed by atoms with van der Waals surface area (Å²) < 4.78 is 34.0. The van der Waals surface area contributed by atoms with Gasteiger partial charge >= 0.3 is 5.91 Å². The van der Waals surface area contributed by atoms with Crippen molar-refractivity contribution in [3.8, 4) is 0 Å². The topological polar surface area (TPSA) is 102 Å². The molecule has 1 aromatic carbocycles. The Morgan fingerprint density at radius 2 is 1.89 bits per heavy atom. The van der Waals surface area contributed by atoms with Gasteiger partial charge in [-0.3, -0.25) is 9.00 Å². The summed E-state index contributed by atoms with van der Waals surface area (Å²) in [6.07, 6.45) is 3.45. The molecule has 8 nitrogen and oxygen atoms in total. The Morgan fingerprint density at radius 3 is 2.50 bits per heavy atom. The highest BCUT2D eigenvalue weighted by atomic mass is 32.2. The predicted octanol–water partition coefficient (Wildman–Crippen LogP) is 3.09. The lowest BCUT2D eigenvalue weighted by Gasteiger charge is -2.21. The molecule has 0 saturated carbocycles. The Hall–Kier alpha value is -3.17. The number of carbonyl (C=O) groups excluding carboxylic acids is 1. The zero-order chi connectivity index (χ0) is 19.7. The summed E-state index contributed by atoms with van der Waals surface area (Å²) >= 11 is -2.35. The third-order valence-electron chi connectivity index (χ3n) is 4.51. The fourth-order valence-electron chi connectivity index (χ4n) is 3.04. The van der Waals surface area contributed by atoms with Crippen LogP contribution in [0.1, 0.15) is 34.3 Å². The molecule has 0 N–H and O–H groups in total. The number of rotatable bonds is 5. The van der Waals surface area contributed by atoms with Gasteiger partial charge in [-0.1, -0.05) is 12.1 Å². The molecule has 2 atom stereocenters. The van der Waals surface area contributed by atoms with Crippen LogP contribution in [0, 0.1) is 0 Å². The van der Waals surface area contributed by atoms with E-state index in [9.17, 15) is 13.6 Å². The highest BCUT2D eigenvalue weighted by Gasteiger charge is 2.36. The third kappa shape index (κ3) is 3.37. The van der Waals surface area contributed by atoms with Crippen LogP contribution in [0.15, 0.2) is 75.0 Å². The Morgan fingerprint density at radius 1 is 1.18 bits per heavy atom. The number of hydrogen-bond acceptors (Lipinski definition) is 6. The molecule has 3 heterocycles. The molecule has 0 saturated heterocycles. The largest absolute Gasteiger partial charge is 0.755 e. The van der Waals surface area contributed by atoms with Gasteiger partial charge < -0.3 is 17.7 Å². The molecule has 2 aromatic heterocycles. The summed E-state index contributed by atoms with van der Waals surface area (Å²) in [6, 6.07) is 13.3. The number of nitrogens with zero attached hydrogens (tertiary/aromatic N) is 3. The van der Waals surface area contributed by atoms with E-state index < -0.39 is 11.3 Å². The van der Waals surface area contributed by atoms with E-state index >= 15 is 0 Å². The van der Waals surface area contributed by atoms with E-state index in [-0.39, 0.29) is 17.7 Å². The number of anilines is 1. The minimum absolute atomic E-state index is 0.191. The molecular weight excluding hydrogens is 382 g/mol. The Kier molecular flexibility index (Phi) is 4.84. The van der Waals surface area contributed by atoms with Crippen molar-refractivity contribution in [1.82, 2.24) is 5.01 Å². The van der Waals surface area contributed by atoms with Crippen molar-refractivity contribution in [2.24, 2.45) is 5.10 Å². The van der Waals surface area contributed by atoms with E-state index in [1.54, 1.807) is 54.8 Å². The number of hydrogen-bond donors (Lipinski definition) is 0. The van der Waals surface area contributed by atoms with Crippen LogP contribution >= 0.6 is 0 Å². The second-order valence-corrected chi connectivity index (χ2v) is 7.15. The average molecular weight is 398 g/mol. The minimum atomic E-state index is -2.35. The highest BCUT2D eigenvalue weighted by molar-refractivity contribution is 7.80. The molecule has 2 unspecified atom stereocenters. The zero-order valence-electron chi connectivity index (χ0n) is 14.8. The Balaban J connectivity index is 1.65. The first-order valence-electron chi connectivity index (χ1n) is 8.46. The quantitative estimate of drug-likeness (QED) is 0.615. The third-order valence-corrected chi connectivity index (χ3v) is 5.17. The van der Waals surface area contributed by atoms with Crippen molar-refractivity contribution in [3.05, 3.63) is 78.1 Å². The first-order chi connectivity index (χ1) is 13.5. The Labute approximate surface area is 163 Å². The van der Waals surface area contributed by atoms with E-state index in [0.29, 0.717) is 23.6 Å². The van der Waals surface area contributed by atoms with Crippen molar-refractivity contribution < 1.29 is 22.4 Å². The second-order valence-electron chi connectivity index (χ2n) is 6.17. The zero-order valence-corrected chi connectivity index (χ0v) is 15.7. The second kappa shape index (κ2) is 7.45. The van der Waals surface area contributed by atoms with Crippen LogP contribution in [0.5, 0.6) is 0 Å². The minimum Gasteiger partial charge on any atom is -0.755 e. The predicted molar refractivity (Wildman–Crippen MR) is 101 cm³/mol. The van der Waals surface area contributed by atoms with Crippen molar-refractivity contribution in [3.63, 3.8) is 0 Å². The van der Waals surface area contributed by atoms with Crippen molar-refractivity contribution >= 4 is 28.6 Å². The molecule has 1 aliphatic heterocycles. The molecule has 3 aromatic rings. The molecule has 9 heteroatoms. The van der Waals surface area contributed by atoms with Crippen LogP contribution in [-0.2, 0) is 11.3 Å². The van der Waals surface area contributed by atoms with Crippen LogP contribution in [0.25, 0.3) is 0 Å². The summed E-state index contributed by atoms with van der Waals surface area (Å²) in [5, 5.41) is 5.87. The summed E-state index contributed by atoms with van der Waals surface area (Å²) in [5.41, 5.74) is 2.01. The molecular formula is C19H16N3O5S-. The van der Waals surface area contributed by atoms with E-state index in [1.807, 2.05) is 0 Å². The van der Waals surface area contributed by atoms with Crippen LogP contribution in [0.3, 0.4) is 0 Å². The molecule has 4 rings (SSSR count). The highest BCUT2D eigenvalue weighted by Crippen LogP contribution is 2.34. The number of hydrazone groups is 1. The van der Waals surface area contributed by atoms with E-state index in [1.165, 1.54) is 18.3 Å². The molecule has 0 bridgehead atoms. The van der Waals surface area contributed by atoms with E-state index in [0.717, 1.165) is 9.87 Å². The summed E-state index contributed by atoms with van der Waals surface area (Å²) in [7, 11) is 1.46. The van der Waals surface area contributed by atoms with Crippen LogP contribution in [0.4, 0.5) is 5.69 Å². The molecule has 1 amide bonds. The van der Waals surface area contributed by atoms with Crippen molar-refractivity contribution in [1.29, 1.82) is 0 Å². The first kappa shape index (κ1) is 18.2. The van der Waals surface area contributed by atoms with Crippen LogP contribution in [0.2, 0.25) is 0 Å². The molecule has 1 aliphatic rings. The van der Waals surface area contributed by atoms with Gasteiger partial charge in [0, 0.05) is 30.4 Å². The SMILES string of the molecule is CN(c1ccc(C2=NN(C(=O)c3ccco3)C(c3ccco3)C2)cc1)S(=O)[O-]. The molecule has 0 radical (unpaired) electrons. The van der Waals surface area contributed by atoms with Gasteiger partial charge in [-0.15, -0.1) is 0 Å². The van der Waals surface area contributed by atoms with Gasteiger partial charge in [-0.2, -0.15) is 5.10 Å². The molecule has 0 fully saturated rings. The lowest BCUT2D eigenvalue weighted by molar-refractivity contribution is 0.0660. The van der Waals surface area contributed by atoms with Crippen LogP contribution in [-0.4, -0.2) is 32.4 Å². The smallest absolute Gasteiger partial charge is 0.310 e. The molecule has 0 aliphatic carbocycles. The van der Waals surface area contributed by atoms with Gasteiger partial charge in [-0.25, -0.2) is 5.01 Å². The molecule has 144 valence electrons. The number of furan rings is 2.